The first kappa shape index (κ1) is 16.4. The predicted molar refractivity (Wildman–Crippen MR) is 96.0 cm³/mol. The van der Waals surface area contributed by atoms with Crippen LogP contribution < -0.4 is 14.9 Å². The van der Waals surface area contributed by atoms with Crippen LogP contribution in [-0.2, 0) is 4.79 Å². The normalized spacial score (nSPS) is 10.8. The van der Waals surface area contributed by atoms with Gasteiger partial charge in [-0.15, -0.1) is 0 Å². The van der Waals surface area contributed by atoms with Gasteiger partial charge in [0.05, 0.1) is 18.8 Å². The van der Waals surface area contributed by atoms with Gasteiger partial charge in [-0.05, 0) is 30.3 Å². The fourth-order valence-electron chi connectivity index (χ4n) is 2.26. The van der Waals surface area contributed by atoms with Crippen LogP contribution in [0.2, 0.25) is 0 Å². The number of hydrogen-bond donors (Lipinski definition) is 1. The molecule has 126 valence electrons. The summed E-state index contributed by atoms with van der Waals surface area (Å²) in [5.74, 6) is 0.962. The number of methoxy groups -OCH3 is 1. The maximum Gasteiger partial charge on any atom is 0.277 e. The number of nitrogens with zero attached hydrogens (tertiary/aromatic N) is 2. The van der Waals surface area contributed by atoms with Gasteiger partial charge in [-0.2, -0.15) is 5.10 Å². The van der Waals surface area contributed by atoms with E-state index in [2.05, 4.69) is 15.5 Å². The lowest BCUT2D eigenvalue weighted by Crippen LogP contribution is -2.24. The second-order valence-corrected chi connectivity index (χ2v) is 5.18. The van der Waals surface area contributed by atoms with E-state index >= 15 is 0 Å². The van der Waals surface area contributed by atoms with Crippen LogP contribution in [0, 0.1) is 0 Å². The number of amides is 1. The van der Waals surface area contributed by atoms with Gasteiger partial charge in [-0.1, -0.05) is 24.3 Å². The average molecular weight is 335 g/mol. The van der Waals surface area contributed by atoms with Crippen molar-refractivity contribution in [3.63, 3.8) is 0 Å². The second kappa shape index (κ2) is 7.92. The zero-order chi connectivity index (χ0) is 17.5. The SMILES string of the molecule is COc1ccc(OCC(=O)N/N=C\c2cccc3cccnc23)cc1. The Morgan fingerprint density at radius 3 is 2.68 bits per heavy atom. The molecular weight excluding hydrogens is 318 g/mol. The molecule has 1 amide bonds. The number of nitrogens with one attached hydrogen (secondary N) is 1. The zero-order valence-electron chi connectivity index (χ0n) is 13.7. The van der Waals surface area contributed by atoms with E-state index in [1.807, 2.05) is 30.3 Å². The maximum absolute atomic E-state index is 11.8. The minimum Gasteiger partial charge on any atom is -0.497 e. The topological polar surface area (TPSA) is 72.8 Å². The summed E-state index contributed by atoms with van der Waals surface area (Å²) in [5, 5.41) is 4.98. The fourth-order valence-corrected chi connectivity index (χ4v) is 2.26. The highest BCUT2D eigenvalue weighted by atomic mass is 16.5. The van der Waals surface area contributed by atoms with Crippen molar-refractivity contribution in [1.82, 2.24) is 10.4 Å². The Kier molecular flexibility index (Phi) is 5.21. The number of pyridine rings is 1. The number of rotatable bonds is 6. The van der Waals surface area contributed by atoms with E-state index in [0.29, 0.717) is 5.75 Å². The maximum atomic E-state index is 11.8. The van der Waals surface area contributed by atoms with Crippen LogP contribution in [0.15, 0.2) is 65.9 Å². The predicted octanol–water partition coefficient (Wildman–Crippen LogP) is 2.77. The second-order valence-electron chi connectivity index (χ2n) is 5.18. The van der Waals surface area contributed by atoms with Crippen molar-refractivity contribution in [1.29, 1.82) is 0 Å². The van der Waals surface area contributed by atoms with Crippen molar-refractivity contribution in [3.8, 4) is 11.5 Å². The van der Waals surface area contributed by atoms with E-state index in [-0.39, 0.29) is 12.5 Å². The highest BCUT2D eigenvalue weighted by molar-refractivity contribution is 5.97. The van der Waals surface area contributed by atoms with E-state index in [4.69, 9.17) is 9.47 Å². The number of benzene rings is 2. The average Bonchev–Trinajstić information content (AvgIpc) is 2.67. The number of para-hydroxylation sites is 1. The molecule has 0 saturated carbocycles. The van der Waals surface area contributed by atoms with Gasteiger partial charge in [-0.25, -0.2) is 5.43 Å². The molecule has 0 fully saturated rings. The number of hydrogen-bond acceptors (Lipinski definition) is 5. The molecule has 0 spiro atoms. The molecule has 0 aliphatic heterocycles. The molecule has 3 aromatic rings. The van der Waals surface area contributed by atoms with Gasteiger partial charge in [0.25, 0.3) is 5.91 Å². The summed E-state index contributed by atoms with van der Waals surface area (Å²) in [6, 6.07) is 16.6. The van der Waals surface area contributed by atoms with Crippen molar-refractivity contribution in [2.75, 3.05) is 13.7 Å². The largest absolute Gasteiger partial charge is 0.497 e. The first-order valence-electron chi connectivity index (χ1n) is 7.69. The molecule has 0 atom stereocenters. The van der Waals surface area contributed by atoms with E-state index in [1.165, 1.54) is 0 Å². The Morgan fingerprint density at radius 1 is 1.12 bits per heavy atom. The summed E-state index contributed by atoms with van der Waals surface area (Å²) in [4.78, 5) is 16.1. The number of ether oxygens (including phenoxy) is 2. The molecule has 0 radical (unpaired) electrons. The Hall–Kier alpha value is -3.41. The van der Waals surface area contributed by atoms with Gasteiger partial charge >= 0.3 is 0 Å². The van der Waals surface area contributed by atoms with E-state index in [9.17, 15) is 4.79 Å². The van der Waals surface area contributed by atoms with Gasteiger partial charge in [0.1, 0.15) is 11.5 Å². The molecule has 6 nitrogen and oxygen atoms in total. The molecule has 1 aromatic heterocycles. The minimum atomic E-state index is -0.347. The number of carbonyl (C=O) groups excluding carboxylic acids is 1. The third kappa shape index (κ3) is 4.32. The molecule has 0 aliphatic carbocycles. The van der Waals surface area contributed by atoms with Crippen LogP contribution >= 0.6 is 0 Å². The van der Waals surface area contributed by atoms with Crippen LogP contribution in [0.3, 0.4) is 0 Å². The molecule has 6 heteroatoms. The molecule has 0 unspecified atom stereocenters. The summed E-state index contributed by atoms with van der Waals surface area (Å²) in [6.45, 7) is -0.128. The number of carbonyl (C=O) groups is 1. The molecule has 2 aromatic carbocycles. The minimum absolute atomic E-state index is 0.128. The fraction of sp³-hybridized carbons (Fsp3) is 0.105. The molecule has 1 N–H and O–H groups in total. The lowest BCUT2D eigenvalue weighted by molar-refractivity contribution is -0.123. The number of aromatic nitrogens is 1. The van der Waals surface area contributed by atoms with Gasteiger partial charge in [0.15, 0.2) is 6.61 Å². The first-order chi connectivity index (χ1) is 12.3. The van der Waals surface area contributed by atoms with Crippen molar-refractivity contribution in [2.45, 2.75) is 0 Å². The lowest BCUT2D eigenvalue weighted by Gasteiger charge is -2.06. The zero-order valence-corrected chi connectivity index (χ0v) is 13.7. The van der Waals surface area contributed by atoms with Gasteiger partial charge in [-0.3, -0.25) is 9.78 Å². The van der Waals surface area contributed by atoms with E-state index < -0.39 is 0 Å². The molecular formula is C19H17N3O3. The van der Waals surface area contributed by atoms with Crippen molar-refractivity contribution < 1.29 is 14.3 Å². The smallest absolute Gasteiger partial charge is 0.277 e. The highest BCUT2D eigenvalue weighted by Crippen LogP contribution is 2.17. The summed E-state index contributed by atoms with van der Waals surface area (Å²) >= 11 is 0. The summed E-state index contributed by atoms with van der Waals surface area (Å²) < 4.78 is 10.4. The quantitative estimate of drug-likeness (QED) is 0.555. The van der Waals surface area contributed by atoms with Crippen molar-refractivity contribution in [3.05, 3.63) is 66.4 Å². The Bertz CT molecular complexity index is 887. The van der Waals surface area contributed by atoms with Gasteiger partial charge < -0.3 is 9.47 Å². The molecule has 25 heavy (non-hydrogen) atoms. The van der Waals surface area contributed by atoms with Gasteiger partial charge in [0, 0.05) is 17.1 Å². The third-order valence-corrected chi connectivity index (χ3v) is 3.49. The lowest BCUT2D eigenvalue weighted by atomic mass is 10.1. The molecule has 0 bridgehead atoms. The molecule has 0 saturated heterocycles. The van der Waals surface area contributed by atoms with Crippen molar-refractivity contribution >= 4 is 23.0 Å². The molecule has 3 rings (SSSR count). The monoisotopic (exact) mass is 335 g/mol. The standard InChI is InChI=1S/C19H17N3O3/c1-24-16-7-9-17(10-8-16)25-13-18(23)22-21-12-15-5-2-4-14-6-3-11-20-19(14)15/h2-12H,13H2,1H3,(H,22,23)/b21-12-. The van der Waals surface area contributed by atoms with E-state index in [0.717, 1.165) is 22.2 Å². The Balaban J connectivity index is 1.55. The van der Waals surface area contributed by atoms with Crippen molar-refractivity contribution in [2.24, 2.45) is 5.10 Å². The third-order valence-electron chi connectivity index (χ3n) is 3.49. The van der Waals surface area contributed by atoms with Crippen LogP contribution in [0.1, 0.15) is 5.56 Å². The highest BCUT2D eigenvalue weighted by Gasteiger charge is 2.02. The van der Waals surface area contributed by atoms with Crippen LogP contribution in [0.5, 0.6) is 11.5 Å². The molecule has 1 heterocycles. The van der Waals surface area contributed by atoms with Crippen LogP contribution in [0.4, 0.5) is 0 Å². The van der Waals surface area contributed by atoms with Crippen LogP contribution in [-0.4, -0.2) is 30.8 Å². The summed E-state index contributed by atoms with van der Waals surface area (Å²) in [5.41, 5.74) is 4.10. The van der Waals surface area contributed by atoms with Gasteiger partial charge in [0.2, 0.25) is 0 Å². The number of fused-ring (bicyclic) bond motifs is 1. The van der Waals surface area contributed by atoms with E-state index in [1.54, 1.807) is 43.8 Å². The Morgan fingerprint density at radius 2 is 1.88 bits per heavy atom. The first-order valence-corrected chi connectivity index (χ1v) is 7.69. The Labute approximate surface area is 145 Å². The summed E-state index contributed by atoms with van der Waals surface area (Å²) in [6.07, 6.45) is 3.29. The number of hydrazone groups is 1. The summed E-state index contributed by atoms with van der Waals surface area (Å²) in [7, 11) is 1.59. The molecule has 0 aliphatic rings. The van der Waals surface area contributed by atoms with Crippen LogP contribution in [0.25, 0.3) is 10.9 Å².